The predicted octanol–water partition coefficient (Wildman–Crippen LogP) is 1.66. The summed E-state index contributed by atoms with van der Waals surface area (Å²) in [4.78, 5) is 0. The molecule has 0 bridgehead atoms. The van der Waals surface area contributed by atoms with Crippen LogP contribution >= 0.6 is 11.8 Å². The van der Waals surface area contributed by atoms with Gasteiger partial charge in [-0.05, 0) is 6.26 Å². The highest BCUT2D eigenvalue weighted by molar-refractivity contribution is 7.98. The Labute approximate surface area is 98.3 Å². The molecule has 5 heteroatoms. The lowest BCUT2D eigenvalue weighted by Crippen LogP contribution is -2.05. The van der Waals surface area contributed by atoms with E-state index in [2.05, 4.69) is 10.2 Å². The Bertz CT molecular complexity index is 456. The van der Waals surface area contributed by atoms with Crippen LogP contribution in [0.2, 0.25) is 0 Å². The van der Waals surface area contributed by atoms with Gasteiger partial charge in [0, 0.05) is 12.1 Å². The van der Waals surface area contributed by atoms with Crippen LogP contribution in [0.15, 0.2) is 35.5 Å². The molecule has 1 aromatic heterocycles. The topological polar surface area (TPSA) is 50.9 Å². The van der Waals surface area contributed by atoms with Gasteiger partial charge >= 0.3 is 0 Å². The summed E-state index contributed by atoms with van der Waals surface area (Å²) >= 11 is 1.53. The van der Waals surface area contributed by atoms with Crippen LogP contribution in [-0.4, -0.2) is 32.7 Å². The van der Waals surface area contributed by atoms with Gasteiger partial charge < -0.3 is 5.11 Å². The van der Waals surface area contributed by atoms with Crippen molar-refractivity contribution in [3.05, 3.63) is 30.3 Å². The Morgan fingerprint density at radius 1 is 1.25 bits per heavy atom. The van der Waals surface area contributed by atoms with Gasteiger partial charge in [0.25, 0.3) is 0 Å². The fraction of sp³-hybridized carbons (Fsp3) is 0.273. The quantitative estimate of drug-likeness (QED) is 0.819. The van der Waals surface area contributed by atoms with Gasteiger partial charge in [-0.2, -0.15) is 0 Å². The molecule has 0 fully saturated rings. The number of thioether (sulfide) groups is 1. The third kappa shape index (κ3) is 2.10. The van der Waals surface area contributed by atoms with E-state index in [9.17, 15) is 0 Å². The van der Waals surface area contributed by atoms with Crippen molar-refractivity contribution >= 4 is 11.8 Å². The zero-order valence-corrected chi connectivity index (χ0v) is 9.81. The van der Waals surface area contributed by atoms with Crippen LogP contribution in [0, 0.1) is 0 Å². The van der Waals surface area contributed by atoms with Crippen molar-refractivity contribution in [2.75, 3.05) is 12.9 Å². The molecule has 1 aromatic carbocycles. The second-order valence-corrected chi connectivity index (χ2v) is 4.02. The highest BCUT2D eigenvalue weighted by Gasteiger charge is 2.11. The predicted molar refractivity (Wildman–Crippen MR) is 64.3 cm³/mol. The molecule has 0 aliphatic carbocycles. The minimum atomic E-state index is 0.0887. The van der Waals surface area contributed by atoms with Crippen LogP contribution in [-0.2, 0) is 6.54 Å². The first-order valence-corrected chi connectivity index (χ1v) is 6.22. The summed E-state index contributed by atoms with van der Waals surface area (Å²) in [7, 11) is 0. The van der Waals surface area contributed by atoms with E-state index in [1.807, 2.05) is 41.2 Å². The molecule has 0 saturated heterocycles. The van der Waals surface area contributed by atoms with Gasteiger partial charge in [-0.1, -0.05) is 42.1 Å². The first-order valence-electron chi connectivity index (χ1n) is 5.00. The fourth-order valence-electron chi connectivity index (χ4n) is 1.54. The van der Waals surface area contributed by atoms with E-state index in [-0.39, 0.29) is 6.61 Å². The van der Waals surface area contributed by atoms with Gasteiger partial charge in [0.1, 0.15) is 0 Å². The Hall–Kier alpha value is -1.33. The summed E-state index contributed by atoms with van der Waals surface area (Å²) < 4.78 is 1.93. The number of hydrogen-bond acceptors (Lipinski definition) is 4. The van der Waals surface area contributed by atoms with Crippen LogP contribution in [0.1, 0.15) is 0 Å². The van der Waals surface area contributed by atoms with Crippen LogP contribution in [0.25, 0.3) is 11.4 Å². The monoisotopic (exact) mass is 235 g/mol. The maximum absolute atomic E-state index is 9.04. The number of nitrogens with zero attached hydrogens (tertiary/aromatic N) is 3. The van der Waals surface area contributed by atoms with E-state index < -0.39 is 0 Å². The number of hydrogen-bond donors (Lipinski definition) is 1. The SMILES string of the molecule is CSc1nnc(-c2ccccc2)n1CCO. The lowest BCUT2D eigenvalue weighted by molar-refractivity contribution is 0.272. The van der Waals surface area contributed by atoms with Crippen LogP contribution < -0.4 is 0 Å². The van der Waals surface area contributed by atoms with Crippen LogP contribution in [0.5, 0.6) is 0 Å². The minimum Gasteiger partial charge on any atom is -0.395 e. The number of aliphatic hydroxyl groups excluding tert-OH is 1. The lowest BCUT2D eigenvalue weighted by atomic mass is 10.2. The van der Waals surface area contributed by atoms with E-state index in [0.29, 0.717) is 6.54 Å². The number of rotatable bonds is 4. The van der Waals surface area contributed by atoms with Gasteiger partial charge in [-0.25, -0.2) is 0 Å². The summed E-state index contributed by atoms with van der Waals surface area (Å²) in [6.07, 6.45) is 1.95. The average Bonchev–Trinajstić information content (AvgIpc) is 2.74. The molecule has 1 N–H and O–H groups in total. The molecular formula is C11H13N3OS. The van der Waals surface area contributed by atoms with Crippen molar-refractivity contribution in [2.45, 2.75) is 11.7 Å². The normalized spacial score (nSPS) is 10.6. The van der Waals surface area contributed by atoms with Gasteiger partial charge in [0.05, 0.1) is 6.61 Å². The molecule has 0 atom stereocenters. The molecule has 4 nitrogen and oxygen atoms in total. The van der Waals surface area contributed by atoms with Crippen molar-refractivity contribution < 1.29 is 5.11 Å². The summed E-state index contributed by atoms with van der Waals surface area (Å²) in [5.74, 6) is 0.805. The highest BCUT2D eigenvalue weighted by Crippen LogP contribution is 2.21. The largest absolute Gasteiger partial charge is 0.395 e. The smallest absolute Gasteiger partial charge is 0.191 e. The molecule has 0 saturated carbocycles. The van der Waals surface area contributed by atoms with E-state index in [0.717, 1.165) is 16.5 Å². The molecule has 0 aliphatic heterocycles. The van der Waals surface area contributed by atoms with Gasteiger partial charge in [-0.3, -0.25) is 4.57 Å². The lowest BCUT2D eigenvalue weighted by Gasteiger charge is -2.06. The summed E-state index contributed by atoms with van der Waals surface area (Å²) in [5, 5.41) is 18.1. The van der Waals surface area contributed by atoms with Crippen LogP contribution in [0.4, 0.5) is 0 Å². The van der Waals surface area contributed by atoms with Gasteiger partial charge in [-0.15, -0.1) is 10.2 Å². The molecule has 0 aliphatic rings. The second-order valence-electron chi connectivity index (χ2n) is 3.25. The number of benzene rings is 1. The molecule has 0 radical (unpaired) electrons. The Morgan fingerprint density at radius 2 is 2.00 bits per heavy atom. The molecule has 0 spiro atoms. The number of aliphatic hydroxyl groups is 1. The van der Waals surface area contributed by atoms with E-state index >= 15 is 0 Å². The standard InChI is InChI=1S/C11H13N3OS/c1-16-11-13-12-10(14(11)7-8-15)9-5-3-2-4-6-9/h2-6,15H,7-8H2,1H3. The average molecular weight is 235 g/mol. The molecule has 0 unspecified atom stereocenters. The zero-order valence-electron chi connectivity index (χ0n) is 9.00. The molecule has 2 rings (SSSR count). The first-order chi connectivity index (χ1) is 7.86. The van der Waals surface area contributed by atoms with Gasteiger partial charge in [0.2, 0.25) is 0 Å². The zero-order chi connectivity index (χ0) is 11.4. The maximum Gasteiger partial charge on any atom is 0.191 e. The van der Waals surface area contributed by atoms with Crippen molar-refractivity contribution in [3.63, 3.8) is 0 Å². The first kappa shape index (κ1) is 11.2. The minimum absolute atomic E-state index is 0.0887. The Morgan fingerprint density at radius 3 is 2.62 bits per heavy atom. The van der Waals surface area contributed by atoms with Crippen molar-refractivity contribution in [3.8, 4) is 11.4 Å². The Kier molecular flexibility index (Phi) is 3.58. The van der Waals surface area contributed by atoms with Crippen molar-refractivity contribution in [2.24, 2.45) is 0 Å². The summed E-state index contributed by atoms with van der Waals surface area (Å²) in [5.41, 5.74) is 1.02. The van der Waals surface area contributed by atoms with Crippen molar-refractivity contribution in [1.29, 1.82) is 0 Å². The molecule has 2 aromatic rings. The number of aromatic nitrogens is 3. The van der Waals surface area contributed by atoms with E-state index in [1.165, 1.54) is 11.8 Å². The van der Waals surface area contributed by atoms with E-state index in [4.69, 9.17) is 5.11 Å². The maximum atomic E-state index is 9.04. The van der Waals surface area contributed by atoms with Crippen molar-refractivity contribution in [1.82, 2.24) is 14.8 Å². The van der Waals surface area contributed by atoms with Gasteiger partial charge in [0.15, 0.2) is 11.0 Å². The second kappa shape index (κ2) is 5.14. The van der Waals surface area contributed by atoms with E-state index in [1.54, 1.807) is 0 Å². The summed E-state index contributed by atoms with van der Waals surface area (Å²) in [6, 6.07) is 9.87. The molecular weight excluding hydrogens is 222 g/mol. The molecule has 84 valence electrons. The summed E-state index contributed by atoms with van der Waals surface area (Å²) in [6.45, 7) is 0.610. The third-order valence-electron chi connectivity index (χ3n) is 2.26. The van der Waals surface area contributed by atoms with Crippen LogP contribution in [0.3, 0.4) is 0 Å². The Balaban J connectivity index is 2.44. The molecule has 16 heavy (non-hydrogen) atoms. The highest BCUT2D eigenvalue weighted by atomic mass is 32.2. The fourth-order valence-corrected chi connectivity index (χ4v) is 2.06. The molecule has 1 heterocycles. The third-order valence-corrected chi connectivity index (χ3v) is 2.92. The molecule has 0 amide bonds.